The third-order valence-electron chi connectivity index (χ3n) is 4.58. The lowest BCUT2D eigenvalue weighted by Crippen LogP contribution is -2.31. The van der Waals surface area contributed by atoms with Crippen molar-refractivity contribution in [2.75, 3.05) is 5.32 Å². The van der Waals surface area contributed by atoms with Crippen LogP contribution in [0, 0.1) is 0 Å². The molecule has 0 spiro atoms. The van der Waals surface area contributed by atoms with Gasteiger partial charge < -0.3 is 10.4 Å². The Kier molecular flexibility index (Phi) is 4.93. The number of nitrogens with zero attached hydrogens (tertiary/aromatic N) is 5. The lowest BCUT2D eigenvalue weighted by molar-refractivity contribution is -0.137. The van der Waals surface area contributed by atoms with Gasteiger partial charge >= 0.3 is 6.18 Å². The minimum Gasteiger partial charge on any atom is -0.387 e. The number of alkyl halides is 3. The molecule has 0 fully saturated rings. The van der Waals surface area contributed by atoms with Gasteiger partial charge in [-0.25, -0.2) is 4.68 Å². The van der Waals surface area contributed by atoms with Crippen LogP contribution in [-0.2, 0) is 17.5 Å². The highest BCUT2D eigenvalue weighted by Crippen LogP contribution is 2.32. The number of pyridine rings is 1. The summed E-state index contributed by atoms with van der Waals surface area (Å²) in [5.74, 6) is -0.593. The van der Waals surface area contributed by atoms with Crippen LogP contribution >= 0.6 is 0 Å². The zero-order chi connectivity index (χ0) is 22.3. The van der Waals surface area contributed by atoms with Crippen LogP contribution in [0.4, 0.5) is 18.9 Å². The van der Waals surface area contributed by atoms with Crippen molar-refractivity contribution in [3.8, 4) is 0 Å². The van der Waals surface area contributed by atoms with E-state index in [-0.39, 0.29) is 16.5 Å². The van der Waals surface area contributed by atoms with Gasteiger partial charge in [-0.1, -0.05) is 0 Å². The zero-order valence-electron chi connectivity index (χ0n) is 16.0. The Labute approximate surface area is 171 Å². The van der Waals surface area contributed by atoms with Crippen molar-refractivity contribution in [2.24, 2.45) is 0 Å². The van der Waals surface area contributed by atoms with Crippen molar-refractivity contribution < 1.29 is 23.1 Å². The molecule has 3 heterocycles. The average molecular weight is 432 g/mol. The Balaban J connectivity index is 1.68. The number of amides is 1. The van der Waals surface area contributed by atoms with E-state index in [1.807, 2.05) is 0 Å². The summed E-state index contributed by atoms with van der Waals surface area (Å²) < 4.78 is 41.6. The SMILES string of the molecule is CC(O)c1nn(CC(=O)Nc2ccc3nncn3c2)c(=O)c2ccc(C(F)(F)F)cc12. The van der Waals surface area contributed by atoms with Crippen LogP contribution < -0.4 is 10.9 Å². The number of carbonyl (C=O) groups is 1. The van der Waals surface area contributed by atoms with Crippen molar-refractivity contribution in [2.45, 2.75) is 25.7 Å². The van der Waals surface area contributed by atoms with E-state index in [0.29, 0.717) is 11.3 Å². The molecular formula is C19H15F3N6O3. The predicted octanol–water partition coefficient (Wildman–Crippen LogP) is 2.15. The first-order chi connectivity index (χ1) is 14.6. The van der Waals surface area contributed by atoms with Crippen LogP contribution in [0.2, 0.25) is 0 Å². The molecule has 0 aliphatic carbocycles. The van der Waals surface area contributed by atoms with Gasteiger partial charge in [-0.3, -0.25) is 14.0 Å². The minimum absolute atomic E-state index is 0.0855. The number of aliphatic hydroxyl groups is 1. The molecule has 0 radical (unpaired) electrons. The van der Waals surface area contributed by atoms with Crippen molar-refractivity contribution in [1.82, 2.24) is 24.4 Å². The number of fused-ring (bicyclic) bond motifs is 2. The molecule has 1 aromatic carbocycles. The van der Waals surface area contributed by atoms with E-state index in [1.165, 1.54) is 13.3 Å². The largest absolute Gasteiger partial charge is 0.416 e. The predicted molar refractivity (Wildman–Crippen MR) is 103 cm³/mol. The summed E-state index contributed by atoms with van der Waals surface area (Å²) in [7, 11) is 0. The molecule has 0 bridgehead atoms. The van der Waals surface area contributed by atoms with E-state index < -0.39 is 35.9 Å². The van der Waals surface area contributed by atoms with Gasteiger partial charge in [0.05, 0.1) is 28.4 Å². The third kappa shape index (κ3) is 3.97. The summed E-state index contributed by atoms with van der Waals surface area (Å²) >= 11 is 0. The van der Waals surface area contributed by atoms with Crippen LogP contribution in [-0.4, -0.2) is 35.4 Å². The molecule has 1 atom stereocenters. The normalized spacial score (nSPS) is 12.9. The smallest absolute Gasteiger partial charge is 0.387 e. The number of carbonyl (C=O) groups excluding carboxylic acids is 1. The highest BCUT2D eigenvalue weighted by Gasteiger charge is 2.31. The van der Waals surface area contributed by atoms with E-state index in [2.05, 4.69) is 20.6 Å². The molecule has 9 nitrogen and oxygen atoms in total. The average Bonchev–Trinajstić information content (AvgIpc) is 3.16. The first-order valence-corrected chi connectivity index (χ1v) is 9.03. The van der Waals surface area contributed by atoms with E-state index >= 15 is 0 Å². The molecule has 1 amide bonds. The van der Waals surface area contributed by atoms with Crippen LogP contribution in [0.3, 0.4) is 0 Å². The maximum absolute atomic E-state index is 13.1. The second-order valence-corrected chi connectivity index (χ2v) is 6.84. The van der Waals surface area contributed by atoms with Gasteiger partial charge in [0.1, 0.15) is 12.9 Å². The van der Waals surface area contributed by atoms with Crippen molar-refractivity contribution in [3.05, 3.63) is 64.5 Å². The van der Waals surface area contributed by atoms with Crippen LogP contribution in [0.25, 0.3) is 16.4 Å². The molecule has 0 aliphatic heterocycles. The lowest BCUT2D eigenvalue weighted by atomic mass is 10.0. The van der Waals surface area contributed by atoms with E-state index in [1.54, 1.807) is 22.7 Å². The monoisotopic (exact) mass is 432 g/mol. The summed E-state index contributed by atoms with van der Waals surface area (Å²) in [6.07, 6.45) is -2.86. The molecule has 4 rings (SSSR count). The first-order valence-electron chi connectivity index (χ1n) is 9.03. The summed E-state index contributed by atoms with van der Waals surface area (Å²) in [6, 6.07) is 5.78. The Morgan fingerprint density at radius 3 is 2.71 bits per heavy atom. The van der Waals surface area contributed by atoms with E-state index in [0.717, 1.165) is 22.9 Å². The lowest BCUT2D eigenvalue weighted by Gasteiger charge is -2.14. The van der Waals surface area contributed by atoms with Gasteiger partial charge in [0.15, 0.2) is 5.65 Å². The quantitative estimate of drug-likeness (QED) is 0.511. The Morgan fingerprint density at radius 1 is 1.23 bits per heavy atom. The summed E-state index contributed by atoms with van der Waals surface area (Å²) in [5, 5.41) is 23.9. The number of hydrogen-bond acceptors (Lipinski definition) is 6. The summed E-state index contributed by atoms with van der Waals surface area (Å²) in [4.78, 5) is 25.2. The molecular weight excluding hydrogens is 417 g/mol. The number of anilines is 1. The summed E-state index contributed by atoms with van der Waals surface area (Å²) in [5.41, 5.74) is -0.873. The van der Waals surface area contributed by atoms with E-state index in [9.17, 15) is 27.9 Å². The van der Waals surface area contributed by atoms with Gasteiger partial charge in [0, 0.05) is 11.6 Å². The fraction of sp³-hybridized carbons (Fsp3) is 0.211. The molecule has 3 aromatic heterocycles. The number of aliphatic hydroxyl groups excluding tert-OH is 1. The number of hydrogen-bond donors (Lipinski definition) is 2. The van der Waals surface area contributed by atoms with Crippen LogP contribution in [0.1, 0.15) is 24.3 Å². The third-order valence-corrected chi connectivity index (χ3v) is 4.58. The standard InChI is InChI=1S/C19H15F3N6O3/c1-10(29)17-14-6-11(19(20,21)22)2-4-13(14)18(31)28(26-17)8-16(30)24-12-3-5-15-25-23-9-27(15)7-12/h2-7,9-10,29H,8H2,1H3,(H,24,30). The molecule has 1 unspecified atom stereocenters. The van der Waals surface area contributed by atoms with Gasteiger partial charge in [-0.2, -0.15) is 18.3 Å². The van der Waals surface area contributed by atoms with Crippen molar-refractivity contribution >= 4 is 28.0 Å². The summed E-state index contributed by atoms with van der Waals surface area (Å²) in [6.45, 7) is 0.807. The highest BCUT2D eigenvalue weighted by molar-refractivity contribution is 5.91. The molecule has 0 aliphatic rings. The highest BCUT2D eigenvalue weighted by atomic mass is 19.4. The fourth-order valence-electron chi connectivity index (χ4n) is 3.14. The zero-order valence-corrected chi connectivity index (χ0v) is 16.0. The maximum Gasteiger partial charge on any atom is 0.416 e. The topological polar surface area (TPSA) is 114 Å². The Hall–Kier alpha value is -3.80. The minimum atomic E-state index is -4.62. The molecule has 12 heteroatoms. The number of halogens is 3. The Bertz CT molecular complexity index is 1360. The van der Waals surface area contributed by atoms with Crippen molar-refractivity contribution in [1.29, 1.82) is 0 Å². The number of nitrogens with one attached hydrogen (secondary N) is 1. The second kappa shape index (κ2) is 7.47. The number of aromatic nitrogens is 5. The van der Waals surface area contributed by atoms with Gasteiger partial charge in [0.2, 0.25) is 5.91 Å². The van der Waals surface area contributed by atoms with Crippen LogP contribution in [0.5, 0.6) is 0 Å². The van der Waals surface area contributed by atoms with E-state index in [4.69, 9.17) is 0 Å². The van der Waals surface area contributed by atoms with Crippen LogP contribution in [0.15, 0.2) is 47.7 Å². The number of benzene rings is 1. The molecule has 31 heavy (non-hydrogen) atoms. The second-order valence-electron chi connectivity index (χ2n) is 6.84. The Morgan fingerprint density at radius 2 is 2.00 bits per heavy atom. The number of rotatable bonds is 4. The fourth-order valence-corrected chi connectivity index (χ4v) is 3.14. The molecule has 2 N–H and O–H groups in total. The molecule has 4 aromatic rings. The van der Waals surface area contributed by atoms with Gasteiger partial charge in [-0.15, -0.1) is 10.2 Å². The molecule has 0 saturated carbocycles. The van der Waals surface area contributed by atoms with Gasteiger partial charge in [0.25, 0.3) is 5.56 Å². The maximum atomic E-state index is 13.1. The van der Waals surface area contributed by atoms with Crippen molar-refractivity contribution in [3.63, 3.8) is 0 Å². The first kappa shape index (κ1) is 20.5. The molecule has 160 valence electrons. The molecule has 0 saturated heterocycles. The van der Waals surface area contributed by atoms with Gasteiger partial charge in [-0.05, 0) is 37.3 Å².